The minimum absolute atomic E-state index is 0.346. The molecule has 1 saturated heterocycles. The summed E-state index contributed by atoms with van der Waals surface area (Å²) in [6.45, 7) is 5.83. The van der Waals surface area contributed by atoms with Crippen LogP contribution in [0.1, 0.15) is 58.8 Å². The van der Waals surface area contributed by atoms with Crippen molar-refractivity contribution in [2.45, 2.75) is 76.9 Å². The molecule has 0 aromatic heterocycles. The average Bonchev–Trinajstić information content (AvgIpc) is 2.27. The summed E-state index contributed by atoms with van der Waals surface area (Å²) in [5.74, 6) is 0.998. The minimum atomic E-state index is 0.346. The first kappa shape index (κ1) is 12.4. The van der Waals surface area contributed by atoms with Crippen LogP contribution in [0.15, 0.2) is 0 Å². The molecule has 0 spiro atoms. The Kier molecular flexibility index (Phi) is 4.26. The summed E-state index contributed by atoms with van der Waals surface area (Å²) < 4.78 is 0. The number of rotatable bonds is 3. The van der Waals surface area contributed by atoms with Gasteiger partial charge in [-0.25, -0.2) is 0 Å². The SMILES string of the molecule is CC(N)CC(C)N1CCCC2CCCCC21. The number of hydrogen-bond donors (Lipinski definition) is 1. The van der Waals surface area contributed by atoms with Gasteiger partial charge in [0.25, 0.3) is 0 Å². The summed E-state index contributed by atoms with van der Waals surface area (Å²) in [4.78, 5) is 2.77. The third-order valence-corrected chi connectivity index (χ3v) is 4.57. The molecule has 1 aliphatic heterocycles. The van der Waals surface area contributed by atoms with Crippen molar-refractivity contribution in [3.05, 3.63) is 0 Å². The molecule has 0 aromatic carbocycles. The van der Waals surface area contributed by atoms with Gasteiger partial charge in [0.2, 0.25) is 0 Å². The number of nitrogens with zero attached hydrogens (tertiary/aromatic N) is 1. The summed E-state index contributed by atoms with van der Waals surface area (Å²) in [7, 11) is 0. The summed E-state index contributed by atoms with van der Waals surface area (Å²) in [5, 5.41) is 0. The first-order valence-corrected chi connectivity index (χ1v) is 7.20. The number of likely N-dealkylation sites (tertiary alicyclic amines) is 1. The van der Waals surface area contributed by atoms with Crippen LogP contribution in [0.25, 0.3) is 0 Å². The van der Waals surface area contributed by atoms with Gasteiger partial charge in [-0.3, -0.25) is 4.90 Å². The summed E-state index contributed by atoms with van der Waals surface area (Å²) >= 11 is 0. The van der Waals surface area contributed by atoms with Gasteiger partial charge in [0.15, 0.2) is 0 Å². The van der Waals surface area contributed by atoms with Crippen LogP contribution in [-0.4, -0.2) is 29.6 Å². The highest BCUT2D eigenvalue weighted by Gasteiger charge is 2.35. The van der Waals surface area contributed by atoms with Crippen LogP contribution in [0.4, 0.5) is 0 Å². The Bertz CT molecular complexity index is 213. The van der Waals surface area contributed by atoms with Crippen LogP contribution in [0.2, 0.25) is 0 Å². The monoisotopic (exact) mass is 224 g/mol. The quantitative estimate of drug-likeness (QED) is 0.798. The van der Waals surface area contributed by atoms with E-state index in [1.807, 2.05) is 0 Å². The van der Waals surface area contributed by atoms with Crippen LogP contribution in [0.5, 0.6) is 0 Å². The van der Waals surface area contributed by atoms with E-state index in [0.29, 0.717) is 12.1 Å². The Morgan fingerprint density at radius 3 is 2.56 bits per heavy atom. The van der Waals surface area contributed by atoms with E-state index in [0.717, 1.165) is 18.4 Å². The third kappa shape index (κ3) is 2.78. The predicted molar refractivity (Wildman–Crippen MR) is 69.4 cm³/mol. The largest absolute Gasteiger partial charge is 0.328 e. The Morgan fingerprint density at radius 2 is 1.81 bits per heavy atom. The van der Waals surface area contributed by atoms with E-state index in [1.54, 1.807) is 0 Å². The molecule has 0 radical (unpaired) electrons. The number of hydrogen-bond acceptors (Lipinski definition) is 2. The third-order valence-electron chi connectivity index (χ3n) is 4.57. The Balaban J connectivity index is 1.96. The second kappa shape index (κ2) is 5.50. The van der Waals surface area contributed by atoms with Crippen molar-refractivity contribution in [2.24, 2.45) is 11.7 Å². The lowest BCUT2D eigenvalue weighted by atomic mass is 9.77. The van der Waals surface area contributed by atoms with Crippen molar-refractivity contribution in [1.29, 1.82) is 0 Å². The van der Waals surface area contributed by atoms with Crippen molar-refractivity contribution in [2.75, 3.05) is 6.54 Å². The smallest absolute Gasteiger partial charge is 0.0126 e. The van der Waals surface area contributed by atoms with Gasteiger partial charge >= 0.3 is 0 Å². The summed E-state index contributed by atoms with van der Waals surface area (Å²) in [6, 6.07) is 1.92. The van der Waals surface area contributed by atoms with Crippen molar-refractivity contribution in [1.82, 2.24) is 4.90 Å². The highest BCUT2D eigenvalue weighted by Crippen LogP contribution is 2.36. The molecule has 1 aliphatic carbocycles. The highest BCUT2D eigenvalue weighted by molar-refractivity contribution is 4.90. The Morgan fingerprint density at radius 1 is 1.12 bits per heavy atom. The number of nitrogens with two attached hydrogens (primary N) is 1. The van der Waals surface area contributed by atoms with E-state index < -0.39 is 0 Å². The Hall–Kier alpha value is -0.0800. The fraction of sp³-hybridized carbons (Fsp3) is 1.00. The average molecular weight is 224 g/mol. The fourth-order valence-electron chi connectivity index (χ4n) is 3.88. The second-order valence-electron chi connectivity index (χ2n) is 6.05. The molecule has 1 saturated carbocycles. The van der Waals surface area contributed by atoms with Gasteiger partial charge in [-0.05, 0) is 58.4 Å². The zero-order chi connectivity index (χ0) is 11.5. The molecule has 2 heteroatoms. The molecule has 2 nitrogen and oxygen atoms in total. The first-order chi connectivity index (χ1) is 7.68. The number of piperidine rings is 1. The highest BCUT2D eigenvalue weighted by atomic mass is 15.2. The zero-order valence-electron chi connectivity index (χ0n) is 11.0. The fourth-order valence-corrected chi connectivity index (χ4v) is 3.88. The minimum Gasteiger partial charge on any atom is -0.328 e. The Labute approximate surface area is 101 Å². The molecule has 16 heavy (non-hydrogen) atoms. The lowest BCUT2D eigenvalue weighted by Crippen LogP contribution is -2.51. The van der Waals surface area contributed by atoms with E-state index in [9.17, 15) is 0 Å². The van der Waals surface area contributed by atoms with Crippen LogP contribution in [0.3, 0.4) is 0 Å². The molecular weight excluding hydrogens is 196 g/mol. The maximum atomic E-state index is 5.94. The molecule has 2 N–H and O–H groups in total. The van der Waals surface area contributed by atoms with Crippen LogP contribution >= 0.6 is 0 Å². The topological polar surface area (TPSA) is 29.3 Å². The van der Waals surface area contributed by atoms with E-state index >= 15 is 0 Å². The van der Waals surface area contributed by atoms with Crippen molar-refractivity contribution < 1.29 is 0 Å². The standard InChI is InChI=1S/C14H28N2/c1-11(15)10-12(2)16-9-5-7-13-6-3-4-8-14(13)16/h11-14H,3-10,15H2,1-2H3. The first-order valence-electron chi connectivity index (χ1n) is 7.20. The van der Waals surface area contributed by atoms with Gasteiger partial charge in [0.05, 0.1) is 0 Å². The molecule has 4 atom stereocenters. The molecule has 0 amide bonds. The lowest BCUT2D eigenvalue weighted by molar-refractivity contribution is 0.0272. The van der Waals surface area contributed by atoms with Gasteiger partial charge in [-0.15, -0.1) is 0 Å². The maximum Gasteiger partial charge on any atom is 0.0126 e. The van der Waals surface area contributed by atoms with Gasteiger partial charge in [0, 0.05) is 18.1 Å². The van der Waals surface area contributed by atoms with Gasteiger partial charge < -0.3 is 5.73 Å². The number of fused-ring (bicyclic) bond motifs is 1. The molecule has 94 valence electrons. The molecule has 2 rings (SSSR count). The predicted octanol–water partition coefficient (Wildman–Crippen LogP) is 2.77. The van der Waals surface area contributed by atoms with Crippen LogP contribution in [0, 0.1) is 5.92 Å². The van der Waals surface area contributed by atoms with Crippen LogP contribution in [-0.2, 0) is 0 Å². The molecule has 2 fully saturated rings. The van der Waals surface area contributed by atoms with E-state index in [-0.39, 0.29) is 0 Å². The zero-order valence-corrected chi connectivity index (χ0v) is 11.0. The molecule has 4 unspecified atom stereocenters. The van der Waals surface area contributed by atoms with E-state index in [2.05, 4.69) is 18.7 Å². The molecule has 1 heterocycles. The van der Waals surface area contributed by atoms with Crippen molar-refractivity contribution >= 4 is 0 Å². The van der Waals surface area contributed by atoms with Gasteiger partial charge in [-0.2, -0.15) is 0 Å². The van der Waals surface area contributed by atoms with Crippen molar-refractivity contribution in [3.8, 4) is 0 Å². The maximum absolute atomic E-state index is 5.94. The molecular formula is C14H28N2. The van der Waals surface area contributed by atoms with Gasteiger partial charge in [0.1, 0.15) is 0 Å². The van der Waals surface area contributed by atoms with Gasteiger partial charge in [-0.1, -0.05) is 12.8 Å². The second-order valence-corrected chi connectivity index (χ2v) is 6.05. The summed E-state index contributed by atoms with van der Waals surface area (Å²) in [5.41, 5.74) is 5.94. The van der Waals surface area contributed by atoms with E-state index in [1.165, 1.54) is 45.1 Å². The molecule has 2 aliphatic rings. The van der Waals surface area contributed by atoms with Crippen molar-refractivity contribution in [3.63, 3.8) is 0 Å². The summed E-state index contributed by atoms with van der Waals surface area (Å²) in [6.07, 6.45) is 9.87. The normalized spacial score (nSPS) is 35.4. The molecule has 0 aromatic rings. The van der Waals surface area contributed by atoms with Crippen LogP contribution < -0.4 is 5.73 Å². The van der Waals surface area contributed by atoms with E-state index in [4.69, 9.17) is 5.73 Å². The molecule has 0 bridgehead atoms. The lowest BCUT2D eigenvalue weighted by Gasteiger charge is -2.47.